The Morgan fingerprint density at radius 2 is 1.77 bits per heavy atom. The van der Waals surface area contributed by atoms with Crippen LogP contribution in [0.2, 0.25) is 0 Å². The normalized spacial score (nSPS) is 12.6. The molecule has 0 amide bonds. The van der Waals surface area contributed by atoms with Crippen LogP contribution in [0.15, 0.2) is 30.5 Å². The van der Waals surface area contributed by atoms with Crippen molar-refractivity contribution in [1.29, 1.82) is 0 Å². The first-order valence-electron chi connectivity index (χ1n) is 6.69. The second-order valence-electron chi connectivity index (χ2n) is 5.04. The number of nitrogens with zero attached hydrogens (tertiary/aromatic N) is 2. The van der Waals surface area contributed by atoms with Crippen molar-refractivity contribution in [3.05, 3.63) is 53.0 Å². The van der Waals surface area contributed by atoms with Crippen LogP contribution in [0.1, 0.15) is 29.4 Å². The summed E-state index contributed by atoms with van der Waals surface area (Å²) in [5.74, 6) is 0. The maximum Gasteiger partial charge on any atom is 0.416 e. The van der Waals surface area contributed by atoms with E-state index in [0.29, 0.717) is 5.69 Å². The molecule has 0 saturated heterocycles. The predicted molar refractivity (Wildman–Crippen MR) is 78.7 cm³/mol. The molecule has 1 heterocycles. The third-order valence-electron chi connectivity index (χ3n) is 3.42. The van der Waals surface area contributed by atoms with Gasteiger partial charge in [0.25, 0.3) is 0 Å². The monoisotopic (exact) mass is 310 g/mol. The Labute approximate surface area is 127 Å². The summed E-state index contributed by atoms with van der Waals surface area (Å²) in [5, 5.41) is 4.41. The van der Waals surface area contributed by atoms with E-state index in [1.54, 1.807) is 18.1 Å². The Kier molecular flexibility index (Phi) is 4.30. The SMILES string of the molecule is CO/C=C(\C)c1c(C)nn(-c2ccc(C(F)(F)F)cc2)c1C. The molecule has 0 aliphatic carbocycles. The van der Waals surface area contributed by atoms with Gasteiger partial charge in [0, 0.05) is 11.3 Å². The molecule has 0 radical (unpaired) electrons. The lowest BCUT2D eigenvalue weighted by molar-refractivity contribution is -0.137. The maximum atomic E-state index is 12.6. The summed E-state index contributed by atoms with van der Waals surface area (Å²) in [6.07, 6.45) is -2.72. The van der Waals surface area contributed by atoms with Crippen molar-refractivity contribution >= 4 is 5.57 Å². The summed E-state index contributed by atoms with van der Waals surface area (Å²) in [5.41, 5.74) is 3.40. The van der Waals surface area contributed by atoms with Crippen molar-refractivity contribution < 1.29 is 17.9 Å². The molecule has 22 heavy (non-hydrogen) atoms. The first-order chi connectivity index (χ1) is 10.3. The fourth-order valence-electron chi connectivity index (χ4n) is 2.49. The highest BCUT2D eigenvalue weighted by atomic mass is 19.4. The lowest BCUT2D eigenvalue weighted by Crippen LogP contribution is -2.06. The van der Waals surface area contributed by atoms with Gasteiger partial charge in [-0.05, 0) is 50.6 Å². The number of aryl methyl sites for hydroxylation is 1. The Bertz CT molecular complexity index is 697. The van der Waals surface area contributed by atoms with Gasteiger partial charge >= 0.3 is 6.18 Å². The molecule has 0 unspecified atom stereocenters. The first-order valence-corrected chi connectivity index (χ1v) is 6.69. The van der Waals surface area contributed by atoms with E-state index in [4.69, 9.17) is 4.74 Å². The molecule has 0 N–H and O–H groups in total. The molecule has 0 aliphatic rings. The zero-order valence-electron chi connectivity index (χ0n) is 12.8. The molecule has 0 spiro atoms. The molecule has 3 nitrogen and oxygen atoms in total. The molecule has 0 fully saturated rings. The number of allylic oxidation sites excluding steroid dienone is 1. The fraction of sp³-hybridized carbons (Fsp3) is 0.312. The van der Waals surface area contributed by atoms with E-state index in [2.05, 4.69) is 5.10 Å². The van der Waals surface area contributed by atoms with Crippen molar-refractivity contribution in [2.45, 2.75) is 26.9 Å². The molecular formula is C16H17F3N2O. The lowest BCUT2D eigenvalue weighted by atomic mass is 10.1. The zero-order valence-corrected chi connectivity index (χ0v) is 12.8. The number of hydrogen-bond donors (Lipinski definition) is 0. The van der Waals surface area contributed by atoms with Crippen LogP contribution in [0.25, 0.3) is 11.3 Å². The average molecular weight is 310 g/mol. The molecule has 0 atom stereocenters. The summed E-state index contributed by atoms with van der Waals surface area (Å²) in [6.45, 7) is 5.63. The molecular weight excluding hydrogens is 293 g/mol. The standard InChI is InChI=1S/C16H17F3N2O/c1-10(9-22-4)15-11(2)20-21(12(15)3)14-7-5-13(6-8-14)16(17,18)19/h5-9H,1-4H3/b10-9+. The van der Waals surface area contributed by atoms with Crippen LogP contribution in [0.3, 0.4) is 0 Å². The molecule has 118 valence electrons. The van der Waals surface area contributed by atoms with Crippen molar-refractivity contribution in [3.63, 3.8) is 0 Å². The molecule has 0 bridgehead atoms. The Morgan fingerprint density at radius 3 is 2.27 bits per heavy atom. The van der Waals surface area contributed by atoms with Crippen LogP contribution in [0.5, 0.6) is 0 Å². The van der Waals surface area contributed by atoms with Crippen molar-refractivity contribution in [3.8, 4) is 5.69 Å². The van der Waals surface area contributed by atoms with Crippen LogP contribution in [0.4, 0.5) is 13.2 Å². The number of aromatic nitrogens is 2. The fourth-order valence-corrected chi connectivity index (χ4v) is 2.49. The van der Waals surface area contributed by atoms with Gasteiger partial charge in [0.2, 0.25) is 0 Å². The van der Waals surface area contributed by atoms with Crippen LogP contribution >= 0.6 is 0 Å². The second-order valence-corrected chi connectivity index (χ2v) is 5.04. The maximum absolute atomic E-state index is 12.6. The quantitative estimate of drug-likeness (QED) is 0.780. The Balaban J connectivity index is 2.46. The average Bonchev–Trinajstić information content (AvgIpc) is 2.73. The van der Waals surface area contributed by atoms with Crippen molar-refractivity contribution in [2.24, 2.45) is 0 Å². The van der Waals surface area contributed by atoms with E-state index in [9.17, 15) is 13.2 Å². The van der Waals surface area contributed by atoms with E-state index < -0.39 is 11.7 Å². The Morgan fingerprint density at radius 1 is 1.18 bits per heavy atom. The van der Waals surface area contributed by atoms with Gasteiger partial charge in [-0.3, -0.25) is 0 Å². The van der Waals surface area contributed by atoms with Crippen LogP contribution in [-0.2, 0) is 10.9 Å². The van der Waals surface area contributed by atoms with Gasteiger partial charge in [0.05, 0.1) is 30.3 Å². The number of halogens is 3. The molecule has 0 saturated carbocycles. The van der Waals surface area contributed by atoms with Gasteiger partial charge < -0.3 is 4.74 Å². The number of hydrogen-bond acceptors (Lipinski definition) is 2. The van der Waals surface area contributed by atoms with Gasteiger partial charge in [-0.2, -0.15) is 18.3 Å². The van der Waals surface area contributed by atoms with Gasteiger partial charge in [-0.15, -0.1) is 0 Å². The minimum Gasteiger partial charge on any atom is -0.504 e. The highest BCUT2D eigenvalue weighted by Gasteiger charge is 2.30. The van der Waals surface area contributed by atoms with Gasteiger partial charge in [-0.1, -0.05) is 0 Å². The summed E-state index contributed by atoms with van der Waals surface area (Å²) in [6, 6.07) is 4.95. The smallest absolute Gasteiger partial charge is 0.416 e. The number of benzene rings is 1. The third-order valence-corrected chi connectivity index (χ3v) is 3.42. The number of alkyl halides is 3. The second kappa shape index (κ2) is 5.87. The predicted octanol–water partition coefficient (Wildman–Crippen LogP) is 4.52. The molecule has 6 heteroatoms. The summed E-state index contributed by atoms with van der Waals surface area (Å²) >= 11 is 0. The minimum absolute atomic E-state index is 0.588. The molecule has 0 aliphatic heterocycles. The highest BCUT2D eigenvalue weighted by Crippen LogP contribution is 2.30. The van der Waals surface area contributed by atoms with Gasteiger partial charge in [0.1, 0.15) is 0 Å². The Hall–Kier alpha value is -2.24. The van der Waals surface area contributed by atoms with E-state index in [-0.39, 0.29) is 0 Å². The summed E-state index contributed by atoms with van der Waals surface area (Å²) in [7, 11) is 1.56. The number of ether oxygens (including phenoxy) is 1. The molecule has 2 rings (SSSR count). The molecule has 1 aromatic carbocycles. The minimum atomic E-state index is -4.34. The van der Waals surface area contributed by atoms with Crippen LogP contribution < -0.4 is 0 Å². The van der Waals surface area contributed by atoms with Crippen LogP contribution in [-0.4, -0.2) is 16.9 Å². The topological polar surface area (TPSA) is 27.1 Å². The number of rotatable bonds is 3. The van der Waals surface area contributed by atoms with E-state index in [1.807, 2.05) is 20.8 Å². The summed E-state index contributed by atoms with van der Waals surface area (Å²) < 4.78 is 44.5. The largest absolute Gasteiger partial charge is 0.504 e. The third kappa shape index (κ3) is 3.00. The van der Waals surface area contributed by atoms with Crippen molar-refractivity contribution in [1.82, 2.24) is 9.78 Å². The highest BCUT2D eigenvalue weighted by molar-refractivity contribution is 5.67. The van der Waals surface area contributed by atoms with E-state index >= 15 is 0 Å². The lowest BCUT2D eigenvalue weighted by Gasteiger charge is -2.09. The molecule has 2 aromatic rings. The van der Waals surface area contributed by atoms with Crippen molar-refractivity contribution in [2.75, 3.05) is 7.11 Å². The van der Waals surface area contributed by atoms with E-state index in [1.165, 1.54) is 12.1 Å². The zero-order chi connectivity index (χ0) is 16.5. The van der Waals surface area contributed by atoms with E-state index in [0.717, 1.165) is 34.7 Å². The number of methoxy groups -OCH3 is 1. The summed E-state index contributed by atoms with van der Waals surface area (Å²) in [4.78, 5) is 0. The van der Waals surface area contributed by atoms with Gasteiger partial charge in [0.15, 0.2) is 0 Å². The van der Waals surface area contributed by atoms with Crippen LogP contribution in [0, 0.1) is 13.8 Å². The molecule has 1 aromatic heterocycles. The first kappa shape index (κ1) is 16.1. The van der Waals surface area contributed by atoms with Gasteiger partial charge in [-0.25, -0.2) is 4.68 Å².